The van der Waals surface area contributed by atoms with Gasteiger partial charge in [0.2, 0.25) is 0 Å². The summed E-state index contributed by atoms with van der Waals surface area (Å²) in [6.45, 7) is 2.91. The molecule has 0 bridgehead atoms. The van der Waals surface area contributed by atoms with Gasteiger partial charge in [-0.2, -0.15) is 5.10 Å². The number of para-hydroxylation sites is 1. The molecule has 0 spiro atoms. The van der Waals surface area contributed by atoms with E-state index in [4.69, 9.17) is 4.74 Å². The number of unbranched alkanes of at least 4 members (excludes halogenated alkanes) is 2. The molecule has 2 aromatic rings. The van der Waals surface area contributed by atoms with E-state index in [9.17, 15) is 4.79 Å². The van der Waals surface area contributed by atoms with E-state index in [1.807, 2.05) is 54.6 Å². The Kier molecular flexibility index (Phi) is 7.34. The van der Waals surface area contributed by atoms with Crippen LogP contribution in [0.25, 0.3) is 0 Å². The first kappa shape index (κ1) is 17.5. The van der Waals surface area contributed by atoms with Crippen molar-refractivity contribution in [1.29, 1.82) is 0 Å². The molecule has 0 aliphatic rings. The van der Waals surface area contributed by atoms with E-state index < -0.39 is 0 Å². The maximum absolute atomic E-state index is 11.7. The lowest BCUT2D eigenvalue weighted by Crippen LogP contribution is -2.24. The predicted octanol–water partition coefficient (Wildman–Crippen LogP) is 4.41. The van der Waals surface area contributed by atoms with Gasteiger partial charge in [0, 0.05) is 5.69 Å². The molecular formula is C19H23N3O2. The minimum atomic E-state index is -0.381. The van der Waals surface area contributed by atoms with Gasteiger partial charge >= 0.3 is 6.03 Å². The summed E-state index contributed by atoms with van der Waals surface area (Å²) in [7, 11) is 0. The second kappa shape index (κ2) is 10.0. The van der Waals surface area contributed by atoms with E-state index in [1.165, 1.54) is 12.8 Å². The summed E-state index contributed by atoms with van der Waals surface area (Å²) in [5.74, 6) is 0.845. The van der Waals surface area contributed by atoms with Crippen LogP contribution in [-0.4, -0.2) is 18.9 Å². The maximum Gasteiger partial charge on any atom is 0.339 e. The van der Waals surface area contributed by atoms with Gasteiger partial charge in [-0.05, 0) is 48.4 Å². The molecule has 0 aromatic heterocycles. The Morgan fingerprint density at radius 1 is 1.08 bits per heavy atom. The number of carbonyl (C=O) groups excluding carboxylic acids is 1. The third-order valence-electron chi connectivity index (χ3n) is 3.31. The molecule has 0 saturated carbocycles. The third kappa shape index (κ3) is 6.52. The first-order chi connectivity index (χ1) is 11.8. The molecule has 126 valence electrons. The van der Waals surface area contributed by atoms with Crippen molar-refractivity contribution in [2.75, 3.05) is 11.9 Å². The molecule has 2 aromatic carbocycles. The topological polar surface area (TPSA) is 62.7 Å². The Bertz CT molecular complexity index is 639. The van der Waals surface area contributed by atoms with E-state index in [0.717, 1.165) is 30.0 Å². The van der Waals surface area contributed by atoms with Crippen LogP contribution in [0.2, 0.25) is 0 Å². The zero-order chi connectivity index (χ0) is 17.0. The molecule has 2 rings (SSSR count). The number of benzene rings is 2. The minimum Gasteiger partial charge on any atom is -0.494 e. The second-order valence-electron chi connectivity index (χ2n) is 5.31. The fourth-order valence-electron chi connectivity index (χ4n) is 2.04. The van der Waals surface area contributed by atoms with Crippen LogP contribution in [0.3, 0.4) is 0 Å². The highest BCUT2D eigenvalue weighted by Crippen LogP contribution is 2.12. The number of hydrogen-bond acceptors (Lipinski definition) is 3. The van der Waals surface area contributed by atoms with E-state index in [2.05, 4.69) is 22.8 Å². The Morgan fingerprint density at radius 2 is 1.83 bits per heavy atom. The molecule has 24 heavy (non-hydrogen) atoms. The Hall–Kier alpha value is -2.82. The number of ether oxygens (including phenoxy) is 1. The van der Waals surface area contributed by atoms with Crippen LogP contribution in [0.5, 0.6) is 5.75 Å². The van der Waals surface area contributed by atoms with Gasteiger partial charge in [0.25, 0.3) is 0 Å². The van der Waals surface area contributed by atoms with Gasteiger partial charge in [-0.25, -0.2) is 10.2 Å². The standard InChI is InChI=1S/C19H23N3O2/c1-2-3-7-14-24-18-12-10-16(11-13-18)15-20-22-19(23)21-17-8-5-4-6-9-17/h4-6,8-13,15H,2-3,7,14H2,1H3,(H2,21,22,23)/b20-15+. The second-order valence-corrected chi connectivity index (χ2v) is 5.31. The number of hydrazone groups is 1. The van der Waals surface area contributed by atoms with Crippen molar-refractivity contribution in [1.82, 2.24) is 5.43 Å². The number of nitrogens with one attached hydrogen (secondary N) is 2. The summed E-state index contributed by atoms with van der Waals surface area (Å²) in [6, 6.07) is 16.4. The van der Waals surface area contributed by atoms with Crippen molar-refractivity contribution < 1.29 is 9.53 Å². The van der Waals surface area contributed by atoms with E-state index in [0.29, 0.717) is 0 Å². The molecule has 0 unspecified atom stereocenters. The summed E-state index contributed by atoms with van der Waals surface area (Å²) in [4.78, 5) is 11.7. The SMILES string of the molecule is CCCCCOc1ccc(/C=N/NC(=O)Nc2ccccc2)cc1. The van der Waals surface area contributed by atoms with Crippen LogP contribution in [0.4, 0.5) is 10.5 Å². The highest BCUT2D eigenvalue weighted by Gasteiger charge is 1.98. The first-order valence-electron chi connectivity index (χ1n) is 8.16. The molecule has 0 aliphatic carbocycles. The van der Waals surface area contributed by atoms with Gasteiger partial charge in [0.15, 0.2) is 0 Å². The number of urea groups is 1. The van der Waals surface area contributed by atoms with Gasteiger partial charge in [0.05, 0.1) is 12.8 Å². The lowest BCUT2D eigenvalue weighted by atomic mass is 10.2. The average molecular weight is 325 g/mol. The van der Waals surface area contributed by atoms with E-state index in [-0.39, 0.29) is 6.03 Å². The van der Waals surface area contributed by atoms with E-state index in [1.54, 1.807) is 6.21 Å². The van der Waals surface area contributed by atoms with Crippen LogP contribution in [0.15, 0.2) is 59.7 Å². The minimum absolute atomic E-state index is 0.381. The average Bonchev–Trinajstić information content (AvgIpc) is 2.61. The number of hydrogen-bond donors (Lipinski definition) is 2. The lowest BCUT2D eigenvalue weighted by Gasteiger charge is -2.05. The summed E-state index contributed by atoms with van der Waals surface area (Å²) in [6.07, 6.45) is 5.02. The van der Waals surface area contributed by atoms with Gasteiger partial charge in [0.1, 0.15) is 5.75 Å². The quantitative estimate of drug-likeness (QED) is 0.429. The molecule has 0 heterocycles. The number of rotatable bonds is 8. The largest absolute Gasteiger partial charge is 0.494 e. The van der Waals surface area contributed by atoms with Crippen LogP contribution >= 0.6 is 0 Å². The summed E-state index contributed by atoms with van der Waals surface area (Å²) in [5.41, 5.74) is 4.03. The van der Waals surface area contributed by atoms with Gasteiger partial charge in [-0.1, -0.05) is 38.0 Å². The van der Waals surface area contributed by atoms with Crippen molar-refractivity contribution in [2.24, 2.45) is 5.10 Å². The zero-order valence-electron chi connectivity index (χ0n) is 13.9. The first-order valence-corrected chi connectivity index (χ1v) is 8.16. The van der Waals surface area contributed by atoms with Crippen molar-refractivity contribution in [2.45, 2.75) is 26.2 Å². The normalized spacial score (nSPS) is 10.5. The molecule has 0 fully saturated rings. The number of carbonyl (C=O) groups is 1. The van der Waals surface area contributed by atoms with Gasteiger partial charge in [-0.3, -0.25) is 0 Å². The summed E-state index contributed by atoms with van der Waals surface area (Å²) in [5, 5.41) is 6.61. The molecule has 0 atom stereocenters. The molecule has 2 amide bonds. The number of anilines is 1. The van der Waals surface area contributed by atoms with Gasteiger partial charge < -0.3 is 10.1 Å². The van der Waals surface area contributed by atoms with Crippen LogP contribution < -0.4 is 15.5 Å². The van der Waals surface area contributed by atoms with Crippen molar-refractivity contribution in [3.05, 3.63) is 60.2 Å². The van der Waals surface area contributed by atoms with Crippen LogP contribution in [-0.2, 0) is 0 Å². The summed E-state index contributed by atoms with van der Waals surface area (Å²) >= 11 is 0. The zero-order valence-corrected chi connectivity index (χ0v) is 13.9. The highest BCUT2D eigenvalue weighted by atomic mass is 16.5. The maximum atomic E-state index is 11.7. The molecule has 2 N–H and O–H groups in total. The molecule has 0 radical (unpaired) electrons. The van der Waals surface area contributed by atoms with Crippen molar-refractivity contribution >= 4 is 17.9 Å². The van der Waals surface area contributed by atoms with Crippen molar-refractivity contribution in [3.63, 3.8) is 0 Å². The Balaban J connectivity index is 1.74. The smallest absolute Gasteiger partial charge is 0.339 e. The van der Waals surface area contributed by atoms with Crippen LogP contribution in [0.1, 0.15) is 31.7 Å². The highest BCUT2D eigenvalue weighted by molar-refractivity contribution is 5.90. The monoisotopic (exact) mass is 325 g/mol. The Morgan fingerprint density at radius 3 is 2.54 bits per heavy atom. The van der Waals surface area contributed by atoms with Crippen LogP contribution in [0, 0.1) is 0 Å². The third-order valence-corrected chi connectivity index (χ3v) is 3.31. The predicted molar refractivity (Wildman–Crippen MR) is 97.7 cm³/mol. The fourth-order valence-corrected chi connectivity index (χ4v) is 2.04. The Labute approximate surface area is 142 Å². The van der Waals surface area contributed by atoms with E-state index >= 15 is 0 Å². The number of amides is 2. The lowest BCUT2D eigenvalue weighted by molar-refractivity contribution is 0.252. The summed E-state index contributed by atoms with van der Waals surface area (Å²) < 4.78 is 5.65. The molecule has 5 heteroatoms. The molecule has 0 saturated heterocycles. The van der Waals surface area contributed by atoms with Crippen molar-refractivity contribution in [3.8, 4) is 5.75 Å². The molecular weight excluding hydrogens is 302 g/mol. The molecule has 5 nitrogen and oxygen atoms in total. The fraction of sp³-hybridized carbons (Fsp3) is 0.263. The molecule has 0 aliphatic heterocycles. The van der Waals surface area contributed by atoms with Gasteiger partial charge in [-0.15, -0.1) is 0 Å². The number of nitrogens with zero attached hydrogens (tertiary/aromatic N) is 1.